The van der Waals surface area contributed by atoms with Gasteiger partial charge in [0.25, 0.3) is 0 Å². The van der Waals surface area contributed by atoms with Crippen molar-refractivity contribution in [3.63, 3.8) is 0 Å². The molecule has 2 rings (SSSR count). The summed E-state index contributed by atoms with van der Waals surface area (Å²) in [5.74, 6) is 0.0411. The summed E-state index contributed by atoms with van der Waals surface area (Å²) in [4.78, 5) is 47.4. The molecule has 10 heteroatoms. The van der Waals surface area contributed by atoms with Crippen molar-refractivity contribution in [1.29, 1.82) is 0 Å². The van der Waals surface area contributed by atoms with Crippen molar-refractivity contribution in [1.82, 2.24) is 21.3 Å². The van der Waals surface area contributed by atoms with Gasteiger partial charge in [-0.2, -0.15) is 0 Å². The third kappa shape index (κ3) is 19.9. The van der Waals surface area contributed by atoms with Crippen molar-refractivity contribution in [3.8, 4) is 0 Å². The fourth-order valence-electron chi connectivity index (χ4n) is 4.34. The molecule has 2 aromatic carbocycles. The van der Waals surface area contributed by atoms with Gasteiger partial charge in [-0.05, 0) is 49.7 Å². The van der Waals surface area contributed by atoms with E-state index < -0.39 is 12.2 Å². The fraction of sp³-hybridized carbons (Fsp3) is 0.529. The highest BCUT2D eigenvalue weighted by molar-refractivity contribution is 5.77. The maximum Gasteiger partial charge on any atom is 0.407 e. The van der Waals surface area contributed by atoms with Gasteiger partial charge in [-0.1, -0.05) is 86.3 Å². The predicted molar refractivity (Wildman–Crippen MR) is 171 cm³/mol. The van der Waals surface area contributed by atoms with Crippen molar-refractivity contribution in [2.24, 2.45) is 0 Å². The Hall–Kier alpha value is -4.08. The SMILES string of the molecule is O=C(CCCCC(=O)NCCCCCCNC(=O)OCc1ccccc1)NCCCCCCNC(=O)OCc1ccccc1. The van der Waals surface area contributed by atoms with Crippen LogP contribution in [0.1, 0.15) is 88.2 Å². The van der Waals surface area contributed by atoms with E-state index in [9.17, 15) is 19.2 Å². The molecule has 0 heterocycles. The maximum absolute atomic E-state index is 12.0. The van der Waals surface area contributed by atoms with Crippen LogP contribution in [0.25, 0.3) is 0 Å². The Morgan fingerprint density at radius 3 is 1.14 bits per heavy atom. The van der Waals surface area contributed by atoms with Crippen LogP contribution in [0.15, 0.2) is 60.7 Å². The Balaban J connectivity index is 1.28. The number of benzene rings is 2. The zero-order valence-corrected chi connectivity index (χ0v) is 26.0. The van der Waals surface area contributed by atoms with Gasteiger partial charge in [0.1, 0.15) is 13.2 Å². The quantitative estimate of drug-likeness (QED) is 0.118. The lowest BCUT2D eigenvalue weighted by Gasteiger charge is -2.08. The molecule has 0 bridgehead atoms. The standard InChI is InChI=1S/C34H50N4O6/c39-31(35-23-13-1-3-15-25-37-33(41)43-27-29-17-7-5-8-18-29)21-11-12-22-32(40)36-24-14-2-4-16-26-38-34(42)44-28-30-19-9-6-10-20-30/h5-10,17-20H,1-4,11-16,21-28H2,(H,35,39)(H,36,40)(H,37,41)(H,38,42). The van der Waals surface area contributed by atoms with Crippen LogP contribution in [0.5, 0.6) is 0 Å². The van der Waals surface area contributed by atoms with E-state index in [1.807, 2.05) is 60.7 Å². The summed E-state index contributed by atoms with van der Waals surface area (Å²) in [7, 11) is 0. The second kappa shape index (κ2) is 24.4. The van der Waals surface area contributed by atoms with Crippen LogP contribution in [0.2, 0.25) is 0 Å². The third-order valence-corrected chi connectivity index (χ3v) is 6.87. The van der Waals surface area contributed by atoms with Crippen LogP contribution in [0.4, 0.5) is 9.59 Å². The third-order valence-electron chi connectivity index (χ3n) is 6.87. The summed E-state index contributed by atoms with van der Waals surface area (Å²) < 4.78 is 10.4. The second-order valence-corrected chi connectivity index (χ2v) is 10.7. The molecule has 242 valence electrons. The lowest BCUT2D eigenvalue weighted by atomic mass is 10.1. The van der Waals surface area contributed by atoms with Gasteiger partial charge < -0.3 is 30.7 Å². The van der Waals surface area contributed by atoms with Gasteiger partial charge in [-0.15, -0.1) is 0 Å². The molecule has 0 aliphatic heterocycles. The van der Waals surface area contributed by atoms with E-state index >= 15 is 0 Å². The molecule has 0 atom stereocenters. The number of nitrogens with one attached hydrogen (secondary N) is 4. The van der Waals surface area contributed by atoms with Gasteiger partial charge in [0, 0.05) is 39.0 Å². The minimum Gasteiger partial charge on any atom is -0.445 e. The molecule has 0 unspecified atom stereocenters. The zero-order chi connectivity index (χ0) is 31.5. The average molecular weight is 611 g/mol. The molecule has 0 fully saturated rings. The van der Waals surface area contributed by atoms with E-state index in [2.05, 4.69) is 21.3 Å². The van der Waals surface area contributed by atoms with Gasteiger partial charge >= 0.3 is 12.2 Å². The highest BCUT2D eigenvalue weighted by Gasteiger charge is 2.05. The average Bonchev–Trinajstić information content (AvgIpc) is 3.04. The molecule has 0 spiro atoms. The molecule has 0 aliphatic carbocycles. The molecule has 44 heavy (non-hydrogen) atoms. The minimum atomic E-state index is -0.407. The first-order chi connectivity index (χ1) is 21.5. The van der Waals surface area contributed by atoms with Crippen molar-refractivity contribution in [2.45, 2.75) is 90.3 Å². The molecule has 0 saturated heterocycles. The summed E-state index contributed by atoms with van der Waals surface area (Å²) >= 11 is 0. The molecule has 0 radical (unpaired) electrons. The molecule has 0 saturated carbocycles. The lowest BCUT2D eigenvalue weighted by molar-refractivity contribution is -0.123. The monoisotopic (exact) mass is 610 g/mol. The highest BCUT2D eigenvalue weighted by Crippen LogP contribution is 2.04. The van der Waals surface area contributed by atoms with Crippen LogP contribution < -0.4 is 21.3 Å². The zero-order valence-electron chi connectivity index (χ0n) is 26.0. The summed E-state index contributed by atoms with van der Waals surface area (Å²) in [6.45, 7) is 2.94. The predicted octanol–water partition coefficient (Wildman–Crippen LogP) is 5.75. The second-order valence-electron chi connectivity index (χ2n) is 10.7. The topological polar surface area (TPSA) is 135 Å². The lowest BCUT2D eigenvalue weighted by Crippen LogP contribution is -2.26. The highest BCUT2D eigenvalue weighted by atomic mass is 16.6. The number of hydrogen-bond donors (Lipinski definition) is 4. The van der Waals surface area contributed by atoms with E-state index in [0.717, 1.165) is 62.5 Å². The van der Waals surface area contributed by atoms with Gasteiger partial charge in [-0.25, -0.2) is 9.59 Å². The van der Waals surface area contributed by atoms with Gasteiger partial charge in [0.15, 0.2) is 0 Å². The Morgan fingerprint density at radius 1 is 0.432 bits per heavy atom. The molecule has 2 aromatic rings. The minimum absolute atomic E-state index is 0.0205. The van der Waals surface area contributed by atoms with Crippen molar-refractivity contribution in [3.05, 3.63) is 71.8 Å². The van der Waals surface area contributed by atoms with Crippen LogP contribution in [-0.2, 0) is 32.3 Å². The summed E-state index contributed by atoms with van der Waals surface area (Å²) in [6.07, 6.45) is 8.80. The molecule has 4 amide bonds. The van der Waals surface area contributed by atoms with Gasteiger partial charge in [-0.3, -0.25) is 9.59 Å². The number of carbonyl (C=O) groups is 4. The first-order valence-corrected chi connectivity index (χ1v) is 16.0. The summed E-state index contributed by atoms with van der Waals surface area (Å²) in [5.41, 5.74) is 1.91. The molecular formula is C34H50N4O6. The first-order valence-electron chi connectivity index (χ1n) is 16.0. The van der Waals surface area contributed by atoms with E-state index in [1.54, 1.807) is 0 Å². The van der Waals surface area contributed by atoms with Crippen molar-refractivity contribution in [2.75, 3.05) is 26.2 Å². The van der Waals surface area contributed by atoms with E-state index in [1.165, 1.54) is 0 Å². The number of carbonyl (C=O) groups excluding carboxylic acids is 4. The Bertz CT molecular complexity index is 982. The Labute approximate surface area is 262 Å². The molecule has 10 nitrogen and oxygen atoms in total. The number of amides is 4. The number of unbranched alkanes of at least 4 members (excludes halogenated alkanes) is 7. The summed E-state index contributed by atoms with van der Waals surface area (Å²) in [6, 6.07) is 19.1. The van der Waals surface area contributed by atoms with Crippen LogP contribution in [0.3, 0.4) is 0 Å². The molecular weight excluding hydrogens is 560 g/mol. The van der Waals surface area contributed by atoms with Crippen LogP contribution >= 0.6 is 0 Å². The largest absolute Gasteiger partial charge is 0.445 e. The van der Waals surface area contributed by atoms with Crippen LogP contribution in [-0.4, -0.2) is 50.2 Å². The van der Waals surface area contributed by atoms with E-state index in [-0.39, 0.29) is 25.0 Å². The smallest absolute Gasteiger partial charge is 0.407 e. The molecule has 0 aromatic heterocycles. The van der Waals surface area contributed by atoms with Gasteiger partial charge in [0.05, 0.1) is 0 Å². The van der Waals surface area contributed by atoms with Crippen molar-refractivity contribution >= 4 is 24.0 Å². The number of ether oxygens (including phenoxy) is 2. The maximum atomic E-state index is 12.0. The number of hydrogen-bond acceptors (Lipinski definition) is 6. The normalized spacial score (nSPS) is 10.5. The van der Waals surface area contributed by atoms with Crippen molar-refractivity contribution < 1.29 is 28.7 Å². The number of alkyl carbamates (subject to hydrolysis) is 2. The van der Waals surface area contributed by atoms with E-state index in [4.69, 9.17) is 9.47 Å². The first kappa shape index (κ1) is 36.1. The number of rotatable bonds is 23. The Kier molecular flexibility index (Phi) is 20.0. The summed E-state index contributed by atoms with van der Waals surface area (Å²) in [5, 5.41) is 11.4. The van der Waals surface area contributed by atoms with Gasteiger partial charge in [0.2, 0.25) is 11.8 Å². The molecule has 0 aliphatic rings. The Morgan fingerprint density at radius 2 is 0.773 bits per heavy atom. The van der Waals surface area contributed by atoms with Crippen LogP contribution in [0, 0.1) is 0 Å². The fourth-order valence-corrected chi connectivity index (χ4v) is 4.34. The van der Waals surface area contributed by atoms with E-state index in [0.29, 0.717) is 51.9 Å². The molecule has 4 N–H and O–H groups in total.